The Morgan fingerprint density at radius 2 is 1.93 bits per heavy atom. The fourth-order valence-electron chi connectivity index (χ4n) is 1.76. The summed E-state index contributed by atoms with van der Waals surface area (Å²) in [5.41, 5.74) is 5.71. The summed E-state index contributed by atoms with van der Waals surface area (Å²) in [7, 11) is -1.13. The molecule has 0 spiro atoms. The van der Waals surface area contributed by atoms with Gasteiger partial charge in [-0.25, -0.2) is 0 Å². The molecule has 0 radical (unpaired) electrons. The maximum Gasteiger partial charge on any atom is 0.451 e. The van der Waals surface area contributed by atoms with E-state index in [1.807, 2.05) is 0 Å². The van der Waals surface area contributed by atoms with E-state index in [0.717, 1.165) is 25.7 Å². The third kappa shape index (κ3) is 6.80. The molecule has 0 aromatic heterocycles. The van der Waals surface area contributed by atoms with Gasteiger partial charge < -0.3 is 15.8 Å². The Balaban J connectivity index is 0.000000500. The molecule has 0 aromatic rings. The van der Waals surface area contributed by atoms with Crippen molar-refractivity contribution in [3.8, 4) is 0 Å². The number of hydrogen-bond acceptors (Lipinski definition) is 5. The lowest BCUT2D eigenvalue weighted by Gasteiger charge is -2.07. The van der Waals surface area contributed by atoms with Crippen molar-refractivity contribution in [3.63, 3.8) is 0 Å². The summed E-state index contributed by atoms with van der Waals surface area (Å²) in [5.74, 6) is 0.631. The molecule has 80 valence electrons. The maximum atomic E-state index is 8.60. The zero-order valence-electron chi connectivity index (χ0n) is 8.06. The minimum Gasteiger partial charge on any atom is -0.427 e. The predicted octanol–water partition coefficient (Wildman–Crippen LogP) is -0.607. The van der Waals surface area contributed by atoms with Gasteiger partial charge in [-0.3, -0.25) is 0 Å². The van der Waals surface area contributed by atoms with E-state index in [0.29, 0.717) is 18.3 Å². The second-order valence-corrected chi connectivity index (χ2v) is 3.58. The molecule has 5 nitrogen and oxygen atoms in total. The second-order valence-electron chi connectivity index (χ2n) is 3.58. The van der Waals surface area contributed by atoms with Crippen LogP contribution < -0.4 is 5.73 Å². The molecule has 2 unspecified atom stereocenters. The standard InChI is InChI=1S/C7H16BNO2.CO2/c9-7-2-1-6(5-7)3-4-8(10)11;2-1-3/h6-7,10-11H,1-5,9H2;. The summed E-state index contributed by atoms with van der Waals surface area (Å²) in [6, 6.07) is 0.357. The van der Waals surface area contributed by atoms with Crippen molar-refractivity contribution in [1.29, 1.82) is 0 Å². The molecule has 0 heterocycles. The Bertz CT molecular complexity index is 182. The second kappa shape index (κ2) is 7.70. The zero-order chi connectivity index (χ0) is 11.0. The van der Waals surface area contributed by atoms with E-state index in [2.05, 4.69) is 0 Å². The fourth-order valence-corrected chi connectivity index (χ4v) is 1.76. The average Bonchev–Trinajstić information content (AvgIpc) is 2.49. The van der Waals surface area contributed by atoms with Crippen LogP contribution in [0.25, 0.3) is 0 Å². The van der Waals surface area contributed by atoms with Crippen LogP contribution in [0, 0.1) is 5.92 Å². The van der Waals surface area contributed by atoms with Crippen LogP contribution in [0.15, 0.2) is 0 Å². The first-order valence-electron chi connectivity index (χ1n) is 4.71. The Hall–Kier alpha value is -0.675. The first-order chi connectivity index (χ1) is 6.60. The quantitative estimate of drug-likeness (QED) is 0.529. The average molecular weight is 201 g/mol. The highest BCUT2D eigenvalue weighted by Crippen LogP contribution is 2.28. The van der Waals surface area contributed by atoms with E-state index in [-0.39, 0.29) is 6.15 Å². The number of rotatable bonds is 3. The first-order valence-corrected chi connectivity index (χ1v) is 4.71. The van der Waals surface area contributed by atoms with Gasteiger partial charge in [0.25, 0.3) is 0 Å². The van der Waals surface area contributed by atoms with Crippen molar-refractivity contribution in [2.75, 3.05) is 0 Å². The molecule has 1 aliphatic carbocycles. The van der Waals surface area contributed by atoms with Crippen LogP contribution in [-0.4, -0.2) is 29.4 Å². The highest BCUT2D eigenvalue weighted by atomic mass is 16.4. The van der Waals surface area contributed by atoms with Crippen LogP contribution >= 0.6 is 0 Å². The molecule has 2 atom stereocenters. The smallest absolute Gasteiger partial charge is 0.427 e. The normalized spacial score (nSPS) is 24.8. The Labute approximate surface area is 83.4 Å². The summed E-state index contributed by atoms with van der Waals surface area (Å²) >= 11 is 0. The Morgan fingerprint density at radius 1 is 1.36 bits per heavy atom. The highest BCUT2D eigenvalue weighted by Gasteiger charge is 2.22. The summed E-state index contributed by atoms with van der Waals surface area (Å²) in [5, 5.41) is 17.2. The largest absolute Gasteiger partial charge is 0.451 e. The summed E-state index contributed by atoms with van der Waals surface area (Å²) in [6.45, 7) is 0. The van der Waals surface area contributed by atoms with Crippen LogP contribution in [-0.2, 0) is 9.59 Å². The Kier molecular flexibility index (Phi) is 7.33. The van der Waals surface area contributed by atoms with Gasteiger partial charge in [0.1, 0.15) is 0 Å². The monoisotopic (exact) mass is 201 g/mol. The molecule has 1 fully saturated rings. The van der Waals surface area contributed by atoms with Crippen LogP contribution in [0.2, 0.25) is 6.32 Å². The van der Waals surface area contributed by atoms with Gasteiger partial charge in [-0.2, -0.15) is 9.59 Å². The lowest BCUT2D eigenvalue weighted by molar-refractivity contribution is -0.191. The van der Waals surface area contributed by atoms with Crippen molar-refractivity contribution in [1.82, 2.24) is 0 Å². The van der Waals surface area contributed by atoms with Crippen molar-refractivity contribution in [2.24, 2.45) is 11.7 Å². The van der Waals surface area contributed by atoms with Crippen LogP contribution in [0.1, 0.15) is 25.7 Å². The summed E-state index contributed by atoms with van der Waals surface area (Å²) in [6.07, 6.45) is 4.98. The molecular weight excluding hydrogens is 185 g/mol. The van der Waals surface area contributed by atoms with Crippen molar-refractivity contribution in [3.05, 3.63) is 0 Å². The van der Waals surface area contributed by atoms with Crippen LogP contribution in [0.3, 0.4) is 0 Å². The topological polar surface area (TPSA) is 101 Å². The van der Waals surface area contributed by atoms with Gasteiger partial charge in [0.15, 0.2) is 0 Å². The van der Waals surface area contributed by atoms with E-state index in [1.165, 1.54) is 0 Å². The van der Waals surface area contributed by atoms with Gasteiger partial charge >= 0.3 is 13.3 Å². The minimum atomic E-state index is -1.13. The van der Waals surface area contributed by atoms with E-state index in [4.69, 9.17) is 25.4 Å². The lowest BCUT2D eigenvalue weighted by Crippen LogP contribution is -2.16. The van der Waals surface area contributed by atoms with E-state index in [9.17, 15) is 0 Å². The molecule has 1 saturated carbocycles. The Morgan fingerprint density at radius 3 is 2.29 bits per heavy atom. The number of carbonyl (C=O) groups excluding carboxylic acids is 2. The van der Waals surface area contributed by atoms with Crippen molar-refractivity contribution in [2.45, 2.75) is 38.0 Å². The van der Waals surface area contributed by atoms with Gasteiger partial charge in [0.05, 0.1) is 0 Å². The molecule has 6 heteroatoms. The van der Waals surface area contributed by atoms with Crippen LogP contribution in [0.5, 0.6) is 0 Å². The molecule has 1 rings (SSSR count). The minimum absolute atomic E-state index is 0.250. The third-order valence-electron chi connectivity index (χ3n) is 2.41. The van der Waals surface area contributed by atoms with E-state index < -0.39 is 7.12 Å². The predicted molar refractivity (Wildman–Crippen MR) is 49.9 cm³/mol. The maximum absolute atomic E-state index is 8.60. The van der Waals surface area contributed by atoms with Crippen molar-refractivity contribution < 1.29 is 19.6 Å². The van der Waals surface area contributed by atoms with Gasteiger partial charge in [0.2, 0.25) is 0 Å². The lowest BCUT2D eigenvalue weighted by atomic mass is 9.80. The SMILES string of the molecule is NC1CCC(CCB(O)O)C1.O=C=O. The van der Waals surface area contributed by atoms with Gasteiger partial charge in [-0.1, -0.05) is 6.42 Å². The highest BCUT2D eigenvalue weighted by molar-refractivity contribution is 6.40. The molecule has 0 bridgehead atoms. The zero-order valence-corrected chi connectivity index (χ0v) is 8.06. The fraction of sp³-hybridized carbons (Fsp3) is 0.875. The summed E-state index contributed by atoms with van der Waals surface area (Å²) < 4.78 is 0. The molecule has 0 aromatic carbocycles. The first kappa shape index (κ1) is 13.3. The number of hydrogen-bond donors (Lipinski definition) is 3. The van der Waals surface area contributed by atoms with Crippen molar-refractivity contribution >= 4 is 13.3 Å². The van der Waals surface area contributed by atoms with Crippen LogP contribution in [0.4, 0.5) is 0 Å². The van der Waals surface area contributed by atoms with Gasteiger partial charge in [-0.15, -0.1) is 0 Å². The van der Waals surface area contributed by atoms with E-state index >= 15 is 0 Å². The molecule has 14 heavy (non-hydrogen) atoms. The summed E-state index contributed by atoms with van der Waals surface area (Å²) in [4.78, 5) is 16.2. The molecule has 0 amide bonds. The molecule has 0 aliphatic heterocycles. The third-order valence-corrected chi connectivity index (χ3v) is 2.41. The molecule has 0 saturated heterocycles. The molecular formula is C8H16BNO4. The number of nitrogens with two attached hydrogens (primary N) is 1. The molecule has 1 aliphatic rings. The van der Waals surface area contributed by atoms with Gasteiger partial charge in [0, 0.05) is 6.04 Å². The van der Waals surface area contributed by atoms with Gasteiger partial charge in [-0.05, 0) is 31.5 Å². The van der Waals surface area contributed by atoms with E-state index in [1.54, 1.807) is 0 Å². The molecule has 4 N–H and O–H groups in total.